The standard InChI is InChI=1S/C17H17ClFNO/c18-15-5-2-6-16(19)14(15)10-17(20)11-3-1-4-13(9-11)21-12-7-8-12/h1-6,9,12,17H,7-8,10,20H2. The van der Waals surface area contributed by atoms with E-state index in [1.165, 1.54) is 6.07 Å². The van der Waals surface area contributed by atoms with Gasteiger partial charge < -0.3 is 10.5 Å². The summed E-state index contributed by atoms with van der Waals surface area (Å²) in [6.07, 6.45) is 2.93. The van der Waals surface area contributed by atoms with Gasteiger partial charge in [-0.1, -0.05) is 29.8 Å². The van der Waals surface area contributed by atoms with Gasteiger partial charge in [0.15, 0.2) is 0 Å². The van der Waals surface area contributed by atoms with Crippen LogP contribution in [-0.4, -0.2) is 6.10 Å². The average molecular weight is 306 g/mol. The van der Waals surface area contributed by atoms with Gasteiger partial charge >= 0.3 is 0 Å². The second-order valence-electron chi connectivity index (χ2n) is 5.40. The molecule has 4 heteroatoms. The SMILES string of the molecule is NC(Cc1c(F)cccc1Cl)c1cccc(OC2CC2)c1. The second-order valence-corrected chi connectivity index (χ2v) is 5.81. The van der Waals surface area contributed by atoms with Gasteiger partial charge in [0.2, 0.25) is 0 Å². The molecule has 1 saturated carbocycles. The molecule has 2 aromatic carbocycles. The van der Waals surface area contributed by atoms with Crippen LogP contribution < -0.4 is 10.5 Å². The molecule has 2 aromatic rings. The van der Waals surface area contributed by atoms with Crippen molar-refractivity contribution in [3.05, 3.63) is 64.4 Å². The fourth-order valence-corrected chi connectivity index (χ4v) is 2.50. The number of hydrogen-bond donors (Lipinski definition) is 1. The molecule has 1 aliphatic carbocycles. The molecular formula is C17H17ClFNO. The normalized spacial score (nSPS) is 15.8. The lowest BCUT2D eigenvalue weighted by Crippen LogP contribution is -2.14. The number of rotatable bonds is 5. The lowest BCUT2D eigenvalue weighted by molar-refractivity contribution is 0.302. The Hall–Kier alpha value is -1.58. The average Bonchev–Trinajstić information content (AvgIpc) is 3.27. The van der Waals surface area contributed by atoms with Gasteiger partial charge in [0.25, 0.3) is 0 Å². The van der Waals surface area contributed by atoms with E-state index in [1.54, 1.807) is 12.1 Å². The summed E-state index contributed by atoms with van der Waals surface area (Å²) in [5, 5.41) is 0.413. The van der Waals surface area contributed by atoms with E-state index in [9.17, 15) is 4.39 Å². The molecule has 0 amide bonds. The van der Waals surface area contributed by atoms with E-state index in [-0.39, 0.29) is 11.9 Å². The summed E-state index contributed by atoms with van der Waals surface area (Å²) >= 11 is 6.05. The van der Waals surface area contributed by atoms with Gasteiger partial charge in [-0.3, -0.25) is 0 Å². The van der Waals surface area contributed by atoms with E-state index >= 15 is 0 Å². The molecule has 2 N–H and O–H groups in total. The number of ether oxygens (including phenoxy) is 1. The third-order valence-corrected chi connectivity index (χ3v) is 3.95. The zero-order valence-electron chi connectivity index (χ0n) is 11.6. The Morgan fingerprint density at radius 3 is 2.71 bits per heavy atom. The minimum absolute atomic E-state index is 0.316. The molecular weight excluding hydrogens is 289 g/mol. The maximum atomic E-state index is 13.8. The molecule has 2 nitrogen and oxygen atoms in total. The quantitative estimate of drug-likeness (QED) is 0.895. The topological polar surface area (TPSA) is 35.2 Å². The maximum absolute atomic E-state index is 13.8. The molecule has 0 bridgehead atoms. The van der Waals surface area contributed by atoms with Gasteiger partial charge in [-0.15, -0.1) is 0 Å². The Morgan fingerprint density at radius 1 is 1.24 bits per heavy atom. The molecule has 0 heterocycles. The largest absolute Gasteiger partial charge is 0.490 e. The van der Waals surface area contributed by atoms with Crippen LogP contribution in [0.15, 0.2) is 42.5 Å². The van der Waals surface area contributed by atoms with Gasteiger partial charge in [0.1, 0.15) is 11.6 Å². The molecule has 0 aromatic heterocycles. The van der Waals surface area contributed by atoms with Crippen molar-refractivity contribution in [1.29, 1.82) is 0 Å². The molecule has 0 radical (unpaired) electrons. The Balaban J connectivity index is 1.76. The maximum Gasteiger partial charge on any atom is 0.127 e. The number of halogens is 2. The lowest BCUT2D eigenvalue weighted by Gasteiger charge is -2.15. The molecule has 21 heavy (non-hydrogen) atoms. The van der Waals surface area contributed by atoms with Crippen molar-refractivity contribution < 1.29 is 9.13 Å². The summed E-state index contributed by atoms with van der Waals surface area (Å²) in [6.45, 7) is 0. The Labute approximate surface area is 128 Å². The fraction of sp³-hybridized carbons (Fsp3) is 0.294. The zero-order chi connectivity index (χ0) is 14.8. The summed E-state index contributed by atoms with van der Waals surface area (Å²) in [7, 11) is 0. The highest BCUT2D eigenvalue weighted by Gasteiger charge is 2.23. The third kappa shape index (κ3) is 3.55. The monoisotopic (exact) mass is 305 g/mol. The van der Waals surface area contributed by atoms with Crippen molar-refractivity contribution in [2.45, 2.75) is 31.4 Å². The van der Waals surface area contributed by atoms with Gasteiger partial charge in [-0.05, 0) is 49.1 Å². The number of nitrogens with two attached hydrogens (primary N) is 1. The molecule has 1 unspecified atom stereocenters. The van der Waals surface area contributed by atoms with Crippen molar-refractivity contribution in [2.24, 2.45) is 5.73 Å². The Morgan fingerprint density at radius 2 is 2.00 bits per heavy atom. The van der Waals surface area contributed by atoms with Crippen molar-refractivity contribution in [3.63, 3.8) is 0 Å². The van der Waals surface area contributed by atoms with Crippen molar-refractivity contribution in [2.75, 3.05) is 0 Å². The highest BCUT2D eigenvalue weighted by molar-refractivity contribution is 6.31. The Bertz CT molecular complexity index is 622. The van der Waals surface area contributed by atoms with Crippen LogP contribution in [0.1, 0.15) is 30.0 Å². The highest BCUT2D eigenvalue weighted by Crippen LogP contribution is 2.29. The molecule has 0 spiro atoms. The molecule has 0 aliphatic heterocycles. The van der Waals surface area contributed by atoms with Crippen LogP contribution in [0.4, 0.5) is 4.39 Å². The zero-order valence-corrected chi connectivity index (χ0v) is 12.3. The summed E-state index contributed by atoms with van der Waals surface area (Å²) < 4.78 is 19.6. The summed E-state index contributed by atoms with van der Waals surface area (Å²) in [6, 6.07) is 12.1. The Kier molecular flexibility index (Phi) is 4.13. The van der Waals surface area contributed by atoms with Crippen LogP contribution >= 0.6 is 11.6 Å². The van der Waals surface area contributed by atoms with Crippen LogP contribution in [0, 0.1) is 5.82 Å². The molecule has 3 rings (SSSR count). The minimum Gasteiger partial charge on any atom is -0.490 e. The molecule has 110 valence electrons. The summed E-state index contributed by atoms with van der Waals surface area (Å²) in [5.41, 5.74) is 7.58. The summed E-state index contributed by atoms with van der Waals surface area (Å²) in [4.78, 5) is 0. The molecule has 1 atom stereocenters. The van der Waals surface area contributed by atoms with E-state index in [4.69, 9.17) is 22.1 Å². The molecule has 0 saturated heterocycles. The van der Waals surface area contributed by atoms with Crippen molar-refractivity contribution in [3.8, 4) is 5.75 Å². The summed E-state index contributed by atoms with van der Waals surface area (Å²) in [5.74, 6) is 0.508. The van der Waals surface area contributed by atoms with E-state index in [1.807, 2.05) is 24.3 Å². The lowest BCUT2D eigenvalue weighted by atomic mass is 9.99. The smallest absolute Gasteiger partial charge is 0.127 e. The van der Waals surface area contributed by atoms with E-state index < -0.39 is 0 Å². The third-order valence-electron chi connectivity index (χ3n) is 3.60. The van der Waals surface area contributed by atoms with Crippen molar-refractivity contribution in [1.82, 2.24) is 0 Å². The first kappa shape index (κ1) is 14.4. The first-order valence-corrected chi connectivity index (χ1v) is 7.46. The van der Waals surface area contributed by atoms with Crippen LogP contribution in [-0.2, 0) is 6.42 Å². The van der Waals surface area contributed by atoms with Gasteiger partial charge in [0, 0.05) is 16.6 Å². The van der Waals surface area contributed by atoms with Crippen LogP contribution in [0.2, 0.25) is 5.02 Å². The molecule has 1 fully saturated rings. The van der Waals surface area contributed by atoms with Crippen LogP contribution in [0.25, 0.3) is 0 Å². The van der Waals surface area contributed by atoms with Crippen LogP contribution in [0.3, 0.4) is 0 Å². The predicted octanol–water partition coefficient (Wildman–Crippen LogP) is 4.26. The fourth-order valence-electron chi connectivity index (χ4n) is 2.26. The number of hydrogen-bond acceptors (Lipinski definition) is 2. The van der Waals surface area contributed by atoms with E-state index in [0.717, 1.165) is 24.2 Å². The van der Waals surface area contributed by atoms with Gasteiger partial charge in [-0.2, -0.15) is 0 Å². The van der Waals surface area contributed by atoms with Gasteiger partial charge in [-0.25, -0.2) is 4.39 Å². The predicted molar refractivity (Wildman–Crippen MR) is 82.1 cm³/mol. The van der Waals surface area contributed by atoms with Gasteiger partial charge in [0.05, 0.1) is 6.10 Å². The van der Waals surface area contributed by atoms with Crippen LogP contribution in [0.5, 0.6) is 5.75 Å². The molecule has 1 aliphatic rings. The highest BCUT2D eigenvalue weighted by atomic mass is 35.5. The first-order chi connectivity index (χ1) is 10.1. The first-order valence-electron chi connectivity index (χ1n) is 7.08. The van der Waals surface area contributed by atoms with E-state index in [2.05, 4.69) is 0 Å². The second kappa shape index (κ2) is 6.04. The number of benzene rings is 2. The minimum atomic E-state index is -0.317. The van der Waals surface area contributed by atoms with Crippen molar-refractivity contribution >= 4 is 11.6 Å². The van der Waals surface area contributed by atoms with E-state index in [0.29, 0.717) is 23.1 Å².